The van der Waals surface area contributed by atoms with Gasteiger partial charge in [0.15, 0.2) is 0 Å². The van der Waals surface area contributed by atoms with Gasteiger partial charge in [0.1, 0.15) is 0 Å². The molecule has 3 heteroatoms. The van der Waals surface area contributed by atoms with Crippen LogP contribution in [0.5, 0.6) is 0 Å². The molecule has 80 valence electrons. The largest absolute Gasteiger partial charge is 0.329 e. The second kappa shape index (κ2) is 5.35. The van der Waals surface area contributed by atoms with E-state index in [4.69, 9.17) is 11.5 Å². The number of hydrogen-bond donors (Lipinski definition) is 2. The van der Waals surface area contributed by atoms with Gasteiger partial charge in [-0.2, -0.15) is 0 Å². The van der Waals surface area contributed by atoms with Crippen molar-refractivity contribution in [1.82, 2.24) is 0 Å². The Balaban J connectivity index is 0.00000169. The van der Waals surface area contributed by atoms with Crippen LogP contribution >= 0.6 is 12.4 Å². The third kappa shape index (κ3) is 2.71. The molecule has 2 nitrogen and oxygen atoms in total. The van der Waals surface area contributed by atoms with Crippen LogP contribution in [-0.2, 0) is 0 Å². The molecule has 0 unspecified atom stereocenters. The molecule has 0 bridgehead atoms. The smallest absolute Gasteiger partial charge is 0.0424 e. The third-order valence-electron chi connectivity index (χ3n) is 2.36. The van der Waals surface area contributed by atoms with Crippen molar-refractivity contribution in [2.24, 2.45) is 11.5 Å². The van der Waals surface area contributed by atoms with Gasteiger partial charge < -0.3 is 11.5 Å². The second-order valence-electron chi connectivity index (χ2n) is 3.65. The number of benzene rings is 1. The lowest BCUT2D eigenvalue weighted by atomic mass is 9.94. The highest BCUT2D eigenvalue weighted by molar-refractivity contribution is 5.85. The molecule has 0 aromatic heterocycles. The van der Waals surface area contributed by atoms with Crippen molar-refractivity contribution in [1.29, 1.82) is 0 Å². The zero-order valence-corrected chi connectivity index (χ0v) is 9.82. The van der Waals surface area contributed by atoms with Crippen LogP contribution in [0.15, 0.2) is 12.1 Å². The van der Waals surface area contributed by atoms with Crippen LogP contribution in [0.3, 0.4) is 0 Å². The number of hydrogen-bond acceptors (Lipinski definition) is 2. The molecule has 1 aromatic carbocycles. The minimum atomic E-state index is -0.0272. The maximum Gasteiger partial charge on any atom is 0.0424 e. The van der Waals surface area contributed by atoms with Crippen LogP contribution in [0.25, 0.3) is 0 Å². The van der Waals surface area contributed by atoms with E-state index in [0.717, 1.165) is 0 Å². The number of aryl methyl sites for hydroxylation is 3. The summed E-state index contributed by atoms with van der Waals surface area (Å²) in [5, 5.41) is 0. The van der Waals surface area contributed by atoms with Crippen molar-refractivity contribution < 1.29 is 0 Å². The van der Waals surface area contributed by atoms with E-state index in [1.807, 2.05) is 0 Å². The normalized spacial score (nSPS) is 12.1. The van der Waals surface area contributed by atoms with Gasteiger partial charge >= 0.3 is 0 Å². The van der Waals surface area contributed by atoms with Crippen LogP contribution in [0.1, 0.15) is 28.3 Å². The minimum Gasteiger partial charge on any atom is -0.329 e. The SMILES string of the molecule is Cc1cc(C)c([C@H](N)CN)c(C)c1.Cl. The Hall–Kier alpha value is -0.570. The molecule has 0 saturated heterocycles. The van der Waals surface area contributed by atoms with Crippen LogP contribution in [0.4, 0.5) is 0 Å². The lowest BCUT2D eigenvalue weighted by Crippen LogP contribution is -2.22. The van der Waals surface area contributed by atoms with Gasteiger partial charge in [-0.05, 0) is 37.5 Å². The average Bonchev–Trinajstić information content (AvgIpc) is 2.02. The Bertz CT molecular complexity index is 287. The van der Waals surface area contributed by atoms with E-state index in [0.29, 0.717) is 6.54 Å². The summed E-state index contributed by atoms with van der Waals surface area (Å²) in [6, 6.07) is 4.27. The van der Waals surface area contributed by atoms with Gasteiger partial charge in [-0.25, -0.2) is 0 Å². The minimum absolute atomic E-state index is 0. The van der Waals surface area contributed by atoms with E-state index in [1.165, 1.54) is 22.3 Å². The molecule has 1 rings (SSSR count). The molecule has 0 aliphatic heterocycles. The zero-order valence-electron chi connectivity index (χ0n) is 9.00. The fraction of sp³-hybridized carbons (Fsp3) is 0.455. The fourth-order valence-electron chi connectivity index (χ4n) is 1.89. The summed E-state index contributed by atoms with van der Waals surface area (Å²) < 4.78 is 0. The van der Waals surface area contributed by atoms with E-state index >= 15 is 0 Å². The Morgan fingerprint density at radius 1 is 1.14 bits per heavy atom. The summed E-state index contributed by atoms with van der Waals surface area (Å²) in [6.45, 7) is 6.78. The number of rotatable bonds is 2. The Labute approximate surface area is 92.1 Å². The molecule has 14 heavy (non-hydrogen) atoms. The van der Waals surface area contributed by atoms with E-state index in [1.54, 1.807) is 0 Å². The van der Waals surface area contributed by atoms with E-state index in [-0.39, 0.29) is 18.4 Å². The Morgan fingerprint density at radius 3 is 1.93 bits per heavy atom. The van der Waals surface area contributed by atoms with Crippen molar-refractivity contribution in [2.45, 2.75) is 26.8 Å². The molecule has 0 aliphatic carbocycles. The average molecular weight is 215 g/mol. The van der Waals surface area contributed by atoms with Gasteiger partial charge in [-0.1, -0.05) is 17.7 Å². The van der Waals surface area contributed by atoms with Gasteiger partial charge in [0.2, 0.25) is 0 Å². The second-order valence-corrected chi connectivity index (χ2v) is 3.65. The predicted molar refractivity (Wildman–Crippen MR) is 63.9 cm³/mol. The van der Waals surface area contributed by atoms with Crippen molar-refractivity contribution in [3.05, 3.63) is 34.4 Å². The molecular formula is C11H19ClN2. The van der Waals surface area contributed by atoms with Crippen LogP contribution < -0.4 is 11.5 Å². The van der Waals surface area contributed by atoms with E-state index in [9.17, 15) is 0 Å². The molecule has 0 radical (unpaired) electrons. The summed E-state index contributed by atoms with van der Waals surface area (Å²) in [5.41, 5.74) is 16.4. The molecule has 1 atom stereocenters. The third-order valence-corrected chi connectivity index (χ3v) is 2.36. The van der Waals surface area contributed by atoms with Crippen molar-refractivity contribution in [3.63, 3.8) is 0 Å². The molecule has 1 aromatic rings. The maximum atomic E-state index is 5.92. The van der Waals surface area contributed by atoms with Gasteiger partial charge in [0, 0.05) is 12.6 Å². The van der Waals surface area contributed by atoms with E-state index < -0.39 is 0 Å². The van der Waals surface area contributed by atoms with Crippen LogP contribution in [0.2, 0.25) is 0 Å². The Morgan fingerprint density at radius 2 is 1.57 bits per heavy atom. The van der Waals surface area contributed by atoms with Crippen molar-refractivity contribution >= 4 is 12.4 Å². The molecule has 0 saturated carbocycles. The van der Waals surface area contributed by atoms with Gasteiger partial charge in [-0.3, -0.25) is 0 Å². The highest BCUT2D eigenvalue weighted by atomic mass is 35.5. The lowest BCUT2D eigenvalue weighted by Gasteiger charge is -2.16. The van der Waals surface area contributed by atoms with Gasteiger partial charge in [-0.15, -0.1) is 12.4 Å². The first-order chi connectivity index (χ1) is 6.06. The molecular weight excluding hydrogens is 196 g/mol. The van der Waals surface area contributed by atoms with Crippen LogP contribution in [-0.4, -0.2) is 6.54 Å². The number of halogens is 1. The zero-order chi connectivity index (χ0) is 10.0. The molecule has 0 heterocycles. The quantitative estimate of drug-likeness (QED) is 0.791. The summed E-state index contributed by atoms with van der Waals surface area (Å²) in [7, 11) is 0. The summed E-state index contributed by atoms with van der Waals surface area (Å²) in [6.07, 6.45) is 0. The van der Waals surface area contributed by atoms with Crippen LogP contribution in [0, 0.1) is 20.8 Å². The Kier molecular flexibility index (Phi) is 5.13. The standard InChI is InChI=1S/C11H18N2.ClH/c1-7-4-8(2)11(9(3)5-7)10(13)6-12;/h4-5,10H,6,12-13H2,1-3H3;1H/t10-;/m1./s1. The molecule has 0 fully saturated rings. The van der Waals surface area contributed by atoms with Gasteiger partial charge in [0.25, 0.3) is 0 Å². The lowest BCUT2D eigenvalue weighted by molar-refractivity contribution is 0.725. The topological polar surface area (TPSA) is 52.0 Å². The summed E-state index contributed by atoms with van der Waals surface area (Å²) >= 11 is 0. The monoisotopic (exact) mass is 214 g/mol. The molecule has 0 aliphatic rings. The fourth-order valence-corrected chi connectivity index (χ4v) is 1.89. The highest BCUT2D eigenvalue weighted by Crippen LogP contribution is 2.21. The molecule has 0 amide bonds. The maximum absolute atomic E-state index is 5.92. The number of nitrogens with two attached hydrogens (primary N) is 2. The van der Waals surface area contributed by atoms with Crippen molar-refractivity contribution in [2.75, 3.05) is 6.54 Å². The summed E-state index contributed by atoms with van der Waals surface area (Å²) in [4.78, 5) is 0. The van der Waals surface area contributed by atoms with Gasteiger partial charge in [0.05, 0.1) is 0 Å². The first-order valence-corrected chi connectivity index (χ1v) is 4.59. The summed E-state index contributed by atoms with van der Waals surface area (Å²) in [5.74, 6) is 0. The molecule has 4 N–H and O–H groups in total. The molecule has 0 spiro atoms. The highest BCUT2D eigenvalue weighted by Gasteiger charge is 2.10. The van der Waals surface area contributed by atoms with Crippen molar-refractivity contribution in [3.8, 4) is 0 Å². The first-order valence-electron chi connectivity index (χ1n) is 4.59. The predicted octanol–water partition coefficient (Wildman–Crippen LogP) is 1.99. The van der Waals surface area contributed by atoms with E-state index in [2.05, 4.69) is 32.9 Å². The first kappa shape index (κ1) is 13.4.